The van der Waals surface area contributed by atoms with Crippen molar-refractivity contribution in [2.45, 2.75) is 32.6 Å². The van der Waals surface area contributed by atoms with Crippen LogP contribution in [0.15, 0.2) is 48.5 Å². The van der Waals surface area contributed by atoms with E-state index in [4.69, 9.17) is 10.8 Å². The second kappa shape index (κ2) is 11.6. The van der Waals surface area contributed by atoms with Gasteiger partial charge in [0.1, 0.15) is 5.69 Å². The minimum Gasteiger partial charge on any atom is -0.477 e. The lowest BCUT2D eigenvalue weighted by Gasteiger charge is -1.96. The zero-order valence-electron chi connectivity index (χ0n) is 14.4. The van der Waals surface area contributed by atoms with Crippen LogP contribution in [0.3, 0.4) is 0 Å². The van der Waals surface area contributed by atoms with E-state index in [2.05, 4.69) is 11.9 Å². The van der Waals surface area contributed by atoms with Gasteiger partial charge in [0.05, 0.1) is 5.69 Å². The lowest BCUT2D eigenvalue weighted by Crippen LogP contribution is -2.09. The molecule has 1 aromatic carbocycles. The molecule has 0 radical (unpaired) electrons. The molecule has 0 saturated heterocycles. The SMILES string of the molecule is CCCCCC(N)=O.O=C(O)c1cccc(C=Cc2ccccc2)n1. The maximum atomic E-state index is 10.7. The largest absolute Gasteiger partial charge is 0.477 e. The Morgan fingerprint density at radius 3 is 2.36 bits per heavy atom. The van der Waals surface area contributed by atoms with E-state index in [9.17, 15) is 9.59 Å². The van der Waals surface area contributed by atoms with Gasteiger partial charge in [0, 0.05) is 6.42 Å². The van der Waals surface area contributed by atoms with Gasteiger partial charge in [-0.1, -0.05) is 62.2 Å². The van der Waals surface area contributed by atoms with Crippen LogP contribution in [0.5, 0.6) is 0 Å². The van der Waals surface area contributed by atoms with Crippen molar-refractivity contribution in [1.29, 1.82) is 0 Å². The van der Waals surface area contributed by atoms with E-state index in [1.807, 2.05) is 36.4 Å². The molecule has 0 atom stereocenters. The number of hydrogen-bond donors (Lipinski definition) is 2. The van der Waals surface area contributed by atoms with Gasteiger partial charge in [-0.2, -0.15) is 0 Å². The predicted octanol–water partition coefficient (Wildman–Crippen LogP) is 4.00. The Labute approximate surface area is 148 Å². The molecule has 1 aromatic heterocycles. The summed E-state index contributed by atoms with van der Waals surface area (Å²) in [6, 6.07) is 14.7. The van der Waals surface area contributed by atoms with E-state index < -0.39 is 5.97 Å². The van der Waals surface area contributed by atoms with Crippen LogP contribution in [0.1, 0.15) is 54.4 Å². The van der Waals surface area contributed by atoms with Crippen LogP contribution in [-0.4, -0.2) is 22.0 Å². The molecule has 0 aliphatic carbocycles. The summed E-state index contributed by atoms with van der Waals surface area (Å²) in [5.74, 6) is -1.20. The number of rotatable bonds is 7. The van der Waals surface area contributed by atoms with E-state index in [0.29, 0.717) is 12.1 Å². The van der Waals surface area contributed by atoms with E-state index in [0.717, 1.165) is 24.8 Å². The number of carbonyl (C=O) groups excluding carboxylic acids is 1. The molecule has 0 aliphatic rings. The minimum absolute atomic E-state index is 0.0558. The van der Waals surface area contributed by atoms with Crippen LogP contribution >= 0.6 is 0 Å². The second-order valence-electron chi connectivity index (χ2n) is 5.42. The first kappa shape index (κ1) is 20.1. The zero-order valence-corrected chi connectivity index (χ0v) is 14.4. The van der Waals surface area contributed by atoms with Gasteiger partial charge in [-0.05, 0) is 30.2 Å². The Kier molecular flexibility index (Phi) is 9.30. The molecule has 0 bridgehead atoms. The fourth-order valence-electron chi connectivity index (χ4n) is 1.96. The molecule has 5 nitrogen and oxygen atoms in total. The topological polar surface area (TPSA) is 93.3 Å². The maximum Gasteiger partial charge on any atom is 0.354 e. The van der Waals surface area contributed by atoms with Crippen molar-refractivity contribution in [3.8, 4) is 0 Å². The molecule has 1 amide bonds. The molecule has 2 rings (SSSR count). The predicted molar refractivity (Wildman–Crippen MR) is 99.9 cm³/mol. The Balaban J connectivity index is 0.000000333. The first-order chi connectivity index (χ1) is 12.0. The normalized spacial score (nSPS) is 10.1. The summed E-state index contributed by atoms with van der Waals surface area (Å²) in [6.07, 6.45) is 7.45. The number of carboxylic acid groups (broad SMARTS) is 1. The Hall–Kier alpha value is -2.95. The summed E-state index contributed by atoms with van der Waals surface area (Å²) in [5.41, 5.74) is 6.63. The highest BCUT2D eigenvalue weighted by Crippen LogP contribution is 2.07. The Morgan fingerprint density at radius 2 is 1.76 bits per heavy atom. The number of aromatic carboxylic acids is 1. The highest BCUT2D eigenvalue weighted by molar-refractivity contribution is 5.85. The standard InChI is InChI=1S/C14H11NO2.C6H13NO/c16-14(17)13-8-4-7-12(15-13)10-9-11-5-2-1-3-6-11;1-2-3-4-5-6(7)8/h1-10H,(H,16,17);2-5H2,1H3,(H2,7,8). The fraction of sp³-hybridized carbons (Fsp3) is 0.250. The number of primary amides is 1. The molecule has 1 heterocycles. The highest BCUT2D eigenvalue weighted by atomic mass is 16.4. The molecule has 0 aliphatic heterocycles. The number of nitrogens with two attached hydrogens (primary N) is 1. The third kappa shape index (κ3) is 9.05. The van der Waals surface area contributed by atoms with Gasteiger partial charge < -0.3 is 10.8 Å². The van der Waals surface area contributed by atoms with Crippen LogP contribution in [0.25, 0.3) is 12.2 Å². The van der Waals surface area contributed by atoms with Gasteiger partial charge in [-0.15, -0.1) is 0 Å². The first-order valence-electron chi connectivity index (χ1n) is 8.24. The van der Waals surface area contributed by atoms with Crippen molar-refractivity contribution in [1.82, 2.24) is 4.98 Å². The molecule has 0 unspecified atom stereocenters. The zero-order chi connectivity index (χ0) is 18.5. The number of pyridine rings is 1. The molecule has 132 valence electrons. The van der Waals surface area contributed by atoms with Crippen LogP contribution in [0.2, 0.25) is 0 Å². The number of carboxylic acids is 1. The third-order valence-corrected chi connectivity index (χ3v) is 3.26. The van der Waals surface area contributed by atoms with Crippen molar-refractivity contribution in [2.75, 3.05) is 0 Å². The molecule has 0 saturated carbocycles. The number of hydrogen-bond acceptors (Lipinski definition) is 3. The highest BCUT2D eigenvalue weighted by Gasteiger charge is 2.02. The maximum absolute atomic E-state index is 10.7. The summed E-state index contributed by atoms with van der Waals surface area (Å²) in [5, 5.41) is 8.81. The monoisotopic (exact) mass is 340 g/mol. The van der Waals surface area contributed by atoms with Gasteiger partial charge in [-0.25, -0.2) is 9.78 Å². The Bertz CT molecular complexity index is 697. The van der Waals surface area contributed by atoms with E-state index in [1.165, 1.54) is 6.07 Å². The van der Waals surface area contributed by atoms with E-state index >= 15 is 0 Å². The molecular weight excluding hydrogens is 316 g/mol. The first-order valence-corrected chi connectivity index (χ1v) is 8.24. The molecule has 5 heteroatoms. The van der Waals surface area contributed by atoms with E-state index in [-0.39, 0.29) is 11.6 Å². The van der Waals surface area contributed by atoms with Crippen molar-refractivity contribution in [3.63, 3.8) is 0 Å². The Morgan fingerprint density at radius 1 is 1.04 bits per heavy atom. The molecule has 2 aromatic rings. The molecule has 25 heavy (non-hydrogen) atoms. The number of unbranched alkanes of at least 4 members (excludes halogenated alkanes) is 2. The fourth-order valence-corrected chi connectivity index (χ4v) is 1.96. The minimum atomic E-state index is -1.01. The van der Waals surface area contributed by atoms with Gasteiger partial charge in [0.25, 0.3) is 0 Å². The van der Waals surface area contributed by atoms with Crippen molar-refractivity contribution in [3.05, 3.63) is 65.5 Å². The summed E-state index contributed by atoms with van der Waals surface area (Å²) in [6.45, 7) is 2.10. The van der Waals surface area contributed by atoms with E-state index in [1.54, 1.807) is 18.2 Å². The summed E-state index contributed by atoms with van der Waals surface area (Å²) in [4.78, 5) is 24.8. The average molecular weight is 340 g/mol. The molecule has 3 N–H and O–H groups in total. The molecule has 0 spiro atoms. The van der Waals surface area contributed by atoms with Crippen LogP contribution in [0.4, 0.5) is 0 Å². The lowest BCUT2D eigenvalue weighted by atomic mass is 10.2. The third-order valence-electron chi connectivity index (χ3n) is 3.26. The second-order valence-corrected chi connectivity index (χ2v) is 5.42. The van der Waals surface area contributed by atoms with Crippen LogP contribution in [-0.2, 0) is 4.79 Å². The molecule has 0 fully saturated rings. The van der Waals surface area contributed by atoms with Gasteiger partial charge in [-0.3, -0.25) is 4.79 Å². The quantitative estimate of drug-likeness (QED) is 0.745. The van der Waals surface area contributed by atoms with Crippen molar-refractivity contribution in [2.24, 2.45) is 5.73 Å². The number of aromatic nitrogens is 1. The van der Waals surface area contributed by atoms with Gasteiger partial charge >= 0.3 is 5.97 Å². The van der Waals surface area contributed by atoms with Crippen molar-refractivity contribution < 1.29 is 14.7 Å². The van der Waals surface area contributed by atoms with Gasteiger partial charge in [0.2, 0.25) is 5.91 Å². The van der Waals surface area contributed by atoms with Gasteiger partial charge in [0.15, 0.2) is 0 Å². The number of amides is 1. The summed E-state index contributed by atoms with van der Waals surface area (Å²) in [7, 11) is 0. The number of nitrogens with zero attached hydrogens (tertiary/aromatic N) is 1. The van der Waals surface area contributed by atoms with Crippen LogP contribution in [0, 0.1) is 0 Å². The number of benzene rings is 1. The smallest absolute Gasteiger partial charge is 0.354 e. The average Bonchev–Trinajstić information content (AvgIpc) is 2.62. The number of carbonyl (C=O) groups is 2. The lowest BCUT2D eigenvalue weighted by molar-refractivity contribution is -0.118. The summed E-state index contributed by atoms with van der Waals surface area (Å²) >= 11 is 0. The van der Waals surface area contributed by atoms with Crippen LogP contribution < -0.4 is 5.73 Å². The summed E-state index contributed by atoms with van der Waals surface area (Å²) < 4.78 is 0. The molecular formula is C20H24N2O3. The van der Waals surface area contributed by atoms with Crippen molar-refractivity contribution >= 4 is 24.0 Å².